The number of hydrogen-bond acceptors (Lipinski definition) is 4. The molecule has 106 valence electrons. The van der Waals surface area contributed by atoms with E-state index in [1.54, 1.807) is 12.1 Å². The number of benzene rings is 1. The van der Waals surface area contributed by atoms with Crippen LogP contribution in [-0.2, 0) is 14.8 Å². The molecule has 0 saturated carbocycles. The third-order valence-corrected chi connectivity index (χ3v) is 5.17. The van der Waals surface area contributed by atoms with Crippen molar-refractivity contribution in [1.82, 2.24) is 0 Å². The first kappa shape index (κ1) is 14.3. The van der Waals surface area contributed by atoms with Crippen LogP contribution in [0.25, 0.3) is 0 Å². The van der Waals surface area contributed by atoms with E-state index in [4.69, 9.17) is 10.5 Å². The average Bonchev–Trinajstić information content (AvgIpc) is 2.40. The van der Waals surface area contributed by atoms with Gasteiger partial charge in [0.05, 0.1) is 5.25 Å². The molecular weight excluding hydrogens is 264 g/mol. The molecule has 5 nitrogen and oxygen atoms in total. The minimum absolute atomic E-state index is 0.0545. The van der Waals surface area contributed by atoms with Gasteiger partial charge in [0.25, 0.3) is 0 Å². The molecule has 1 fully saturated rings. The quantitative estimate of drug-likeness (QED) is 0.880. The van der Waals surface area contributed by atoms with Gasteiger partial charge in [0, 0.05) is 24.9 Å². The minimum Gasteiger partial charge on any atom is -0.381 e. The zero-order chi connectivity index (χ0) is 13.9. The summed E-state index contributed by atoms with van der Waals surface area (Å²) in [6, 6.07) is 7.12. The molecule has 1 aromatic rings. The van der Waals surface area contributed by atoms with Crippen molar-refractivity contribution in [2.24, 2.45) is 5.73 Å². The largest absolute Gasteiger partial charge is 0.381 e. The lowest BCUT2D eigenvalue weighted by atomic mass is 10.1. The Morgan fingerprint density at radius 2 is 1.84 bits per heavy atom. The molecule has 1 atom stereocenters. The molecule has 0 bridgehead atoms. The molecule has 0 radical (unpaired) electrons. The number of nitrogens with one attached hydrogen (secondary N) is 1. The molecule has 1 aromatic carbocycles. The van der Waals surface area contributed by atoms with E-state index in [2.05, 4.69) is 4.72 Å². The highest BCUT2D eigenvalue weighted by molar-refractivity contribution is 7.93. The molecule has 0 spiro atoms. The standard InChI is InChI=1S/C13H20N2O3S/c1-10(14)11-2-4-12(5-3-11)15-19(16,17)13-6-8-18-9-7-13/h2-5,10,13,15H,6-9,14H2,1H3. The maximum Gasteiger partial charge on any atom is 0.235 e. The smallest absolute Gasteiger partial charge is 0.235 e. The van der Waals surface area contributed by atoms with Crippen molar-refractivity contribution in [2.75, 3.05) is 17.9 Å². The summed E-state index contributed by atoms with van der Waals surface area (Å²) in [7, 11) is -3.33. The van der Waals surface area contributed by atoms with Crippen LogP contribution >= 0.6 is 0 Å². The van der Waals surface area contributed by atoms with Gasteiger partial charge in [-0.1, -0.05) is 12.1 Å². The average molecular weight is 284 g/mol. The summed E-state index contributed by atoms with van der Waals surface area (Å²) in [6.45, 7) is 2.91. The van der Waals surface area contributed by atoms with Crippen molar-refractivity contribution in [3.63, 3.8) is 0 Å². The molecule has 19 heavy (non-hydrogen) atoms. The summed E-state index contributed by atoms with van der Waals surface area (Å²) in [5, 5.41) is -0.366. The highest BCUT2D eigenvalue weighted by Crippen LogP contribution is 2.20. The summed E-state index contributed by atoms with van der Waals surface area (Å²) in [6.07, 6.45) is 1.10. The molecule has 0 aliphatic carbocycles. The number of sulfonamides is 1. The maximum atomic E-state index is 12.2. The van der Waals surface area contributed by atoms with Crippen LogP contribution in [0.3, 0.4) is 0 Å². The monoisotopic (exact) mass is 284 g/mol. The second-order valence-electron chi connectivity index (χ2n) is 4.87. The maximum absolute atomic E-state index is 12.2. The Morgan fingerprint density at radius 1 is 1.26 bits per heavy atom. The molecule has 0 aromatic heterocycles. The molecule has 2 rings (SSSR count). The second-order valence-corrected chi connectivity index (χ2v) is 6.83. The van der Waals surface area contributed by atoms with E-state index in [-0.39, 0.29) is 11.3 Å². The summed E-state index contributed by atoms with van der Waals surface area (Å²) < 4.78 is 32.2. The summed E-state index contributed by atoms with van der Waals surface area (Å²) in [5.41, 5.74) is 7.32. The van der Waals surface area contributed by atoms with Crippen LogP contribution in [0.15, 0.2) is 24.3 Å². The van der Waals surface area contributed by atoms with Crippen LogP contribution in [0.5, 0.6) is 0 Å². The lowest BCUT2D eigenvalue weighted by Crippen LogP contribution is -2.33. The normalized spacial score (nSPS) is 19.1. The Balaban J connectivity index is 2.06. The predicted octanol–water partition coefficient (Wildman–Crippen LogP) is 1.63. The van der Waals surface area contributed by atoms with E-state index in [0.29, 0.717) is 31.7 Å². The minimum atomic E-state index is -3.33. The first-order valence-electron chi connectivity index (χ1n) is 6.44. The van der Waals surface area contributed by atoms with Crippen LogP contribution in [0.2, 0.25) is 0 Å². The van der Waals surface area contributed by atoms with Crippen LogP contribution in [-0.4, -0.2) is 26.9 Å². The third-order valence-electron chi connectivity index (χ3n) is 3.30. The van der Waals surface area contributed by atoms with Gasteiger partial charge in [0.15, 0.2) is 0 Å². The van der Waals surface area contributed by atoms with E-state index >= 15 is 0 Å². The lowest BCUT2D eigenvalue weighted by molar-refractivity contribution is 0.0984. The van der Waals surface area contributed by atoms with E-state index in [0.717, 1.165) is 5.56 Å². The van der Waals surface area contributed by atoms with Gasteiger partial charge in [-0.3, -0.25) is 4.72 Å². The zero-order valence-electron chi connectivity index (χ0n) is 11.0. The van der Waals surface area contributed by atoms with Crippen molar-refractivity contribution >= 4 is 15.7 Å². The summed E-state index contributed by atoms with van der Waals surface area (Å²) in [5.74, 6) is 0. The molecule has 0 amide bonds. The Bertz CT molecular complexity index is 505. The van der Waals surface area contributed by atoms with Crippen LogP contribution < -0.4 is 10.5 Å². The lowest BCUT2D eigenvalue weighted by Gasteiger charge is -2.22. The zero-order valence-corrected chi connectivity index (χ0v) is 11.8. The van der Waals surface area contributed by atoms with Gasteiger partial charge >= 0.3 is 0 Å². The van der Waals surface area contributed by atoms with Crippen molar-refractivity contribution in [3.8, 4) is 0 Å². The van der Waals surface area contributed by atoms with Crippen molar-refractivity contribution < 1.29 is 13.2 Å². The van der Waals surface area contributed by atoms with Crippen LogP contribution in [0.4, 0.5) is 5.69 Å². The molecule has 1 heterocycles. The predicted molar refractivity (Wildman–Crippen MR) is 75.4 cm³/mol. The Morgan fingerprint density at radius 3 is 2.37 bits per heavy atom. The van der Waals surface area contributed by atoms with Gasteiger partial charge in [0.1, 0.15) is 0 Å². The Labute approximate surface area is 114 Å². The topological polar surface area (TPSA) is 81.4 Å². The number of nitrogens with two attached hydrogens (primary N) is 1. The highest BCUT2D eigenvalue weighted by atomic mass is 32.2. The van der Waals surface area contributed by atoms with Gasteiger partial charge in [-0.2, -0.15) is 0 Å². The van der Waals surface area contributed by atoms with Gasteiger partial charge in [0.2, 0.25) is 10.0 Å². The molecule has 1 unspecified atom stereocenters. The van der Waals surface area contributed by atoms with E-state index in [1.165, 1.54) is 0 Å². The molecule has 6 heteroatoms. The molecule has 1 aliphatic rings. The van der Waals surface area contributed by atoms with E-state index in [9.17, 15) is 8.42 Å². The van der Waals surface area contributed by atoms with Gasteiger partial charge in [-0.15, -0.1) is 0 Å². The molecule has 1 aliphatic heterocycles. The van der Waals surface area contributed by atoms with Gasteiger partial charge in [-0.05, 0) is 37.5 Å². The van der Waals surface area contributed by atoms with Crippen molar-refractivity contribution in [1.29, 1.82) is 0 Å². The van der Waals surface area contributed by atoms with Crippen LogP contribution in [0, 0.1) is 0 Å². The van der Waals surface area contributed by atoms with Gasteiger partial charge in [-0.25, -0.2) is 8.42 Å². The number of hydrogen-bond donors (Lipinski definition) is 2. The Kier molecular flexibility index (Phi) is 4.44. The summed E-state index contributed by atoms with van der Waals surface area (Å²) >= 11 is 0. The highest BCUT2D eigenvalue weighted by Gasteiger charge is 2.27. The number of ether oxygens (including phenoxy) is 1. The fourth-order valence-corrected chi connectivity index (χ4v) is 3.53. The third kappa shape index (κ3) is 3.68. The fraction of sp³-hybridized carbons (Fsp3) is 0.538. The molecular formula is C13H20N2O3S. The second kappa shape index (κ2) is 5.90. The van der Waals surface area contributed by atoms with Gasteiger partial charge < -0.3 is 10.5 Å². The number of rotatable bonds is 4. The van der Waals surface area contributed by atoms with E-state index < -0.39 is 10.0 Å². The Hall–Kier alpha value is -1.11. The van der Waals surface area contributed by atoms with Crippen molar-refractivity contribution in [2.45, 2.75) is 31.1 Å². The first-order chi connectivity index (χ1) is 8.99. The van der Waals surface area contributed by atoms with Crippen molar-refractivity contribution in [3.05, 3.63) is 29.8 Å². The van der Waals surface area contributed by atoms with Crippen LogP contribution in [0.1, 0.15) is 31.4 Å². The first-order valence-corrected chi connectivity index (χ1v) is 7.98. The number of anilines is 1. The molecule has 3 N–H and O–H groups in total. The molecule has 1 saturated heterocycles. The fourth-order valence-electron chi connectivity index (χ4n) is 2.09. The van der Waals surface area contributed by atoms with E-state index in [1.807, 2.05) is 19.1 Å². The summed E-state index contributed by atoms with van der Waals surface area (Å²) in [4.78, 5) is 0. The SMILES string of the molecule is CC(N)c1ccc(NS(=O)(=O)C2CCOCC2)cc1.